The lowest BCUT2D eigenvalue weighted by molar-refractivity contribution is -0.174. The molecule has 2 bridgehead atoms. The molecule has 8 heteroatoms. The van der Waals surface area contributed by atoms with Crippen LogP contribution in [0, 0.1) is 0 Å². The first kappa shape index (κ1) is 28.5. The molecule has 0 amide bonds. The summed E-state index contributed by atoms with van der Waals surface area (Å²) < 4.78 is 11.4. The Bertz CT molecular complexity index is 1120. The van der Waals surface area contributed by atoms with Crippen molar-refractivity contribution in [2.75, 3.05) is 33.9 Å². The number of hydrogen-bond donors (Lipinski definition) is 1. The number of imidazole rings is 1. The minimum absolute atomic E-state index is 0. The molecule has 196 valence electrons. The van der Waals surface area contributed by atoms with E-state index in [1.807, 2.05) is 18.2 Å². The highest BCUT2D eigenvalue weighted by Crippen LogP contribution is 2.57. The van der Waals surface area contributed by atoms with Crippen LogP contribution in [0.4, 0.5) is 0 Å². The number of methoxy groups -OCH3 is 1. The van der Waals surface area contributed by atoms with Gasteiger partial charge in [-0.05, 0) is 68.5 Å². The topological polar surface area (TPSA) is 67.5 Å². The Morgan fingerprint density at radius 1 is 1.08 bits per heavy atom. The van der Waals surface area contributed by atoms with E-state index >= 15 is 0 Å². The molecule has 1 heterocycles. The fraction of sp³-hybridized carbons (Fsp3) is 0.500. The van der Waals surface area contributed by atoms with Gasteiger partial charge in [0.15, 0.2) is 0 Å². The monoisotopic (exact) mass is 533 g/mol. The Kier molecular flexibility index (Phi) is 9.81. The number of aromatic amines is 1. The molecule has 0 spiro atoms. The van der Waals surface area contributed by atoms with Crippen molar-refractivity contribution < 1.29 is 14.3 Å². The van der Waals surface area contributed by atoms with Crippen molar-refractivity contribution in [3.8, 4) is 0 Å². The first-order valence-corrected chi connectivity index (χ1v) is 12.5. The number of hydrogen-bond acceptors (Lipinski definition) is 5. The van der Waals surface area contributed by atoms with Crippen LogP contribution in [-0.2, 0) is 20.7 Å². The van der Waals surface area contributed by atoms with Crippen molar-refractivity contribution >= 4 is 41.8 Å². The van der Waals surface area contributed by atoms with Gasteiger partial charge in [-0.3, -0.25) is 0 Å². The quantitative estimate of drug-likeness (QED) is 0.341. The summed E-state index contributed by atoms with van der Waals surface area (Å²) in [6.07, 6.45) is 5.97. The van der Waals surface area contributed by atoms with Gasteiger partial charge in [-0.1, -0.05) is 36.4 Å². The first-order chi connectivity index (χ1) is 16.6. The van der Waals surface area contributed by atoms with E-state index in [4.69, 9.17) is 14.5 Å². The van der Waals surface area contributed by atoms with Crippen molar-refractivity contribution in [2.45, 2.75) is 56.0 Å². The highest BCUT2D eigenvalue weighted by atomic mass is 35.5. The summed E-state index contributed by atoms with van der Waals surface area (Å²) in [6.45, 7) is 1.88. The Balaban J connectivity index is 0.00000180. The Morgan fingerprint density at radius 2 is 1.83 bits per heavy atom. The van der Waals surface area contributed by atoms with Gasteiger partial charge in [0, 0.05) is 32.4 Å². The maximum atomic E-state index is 12.6. The molecular weight excluding hydrogens is 497 g/mol. The van der Waals surface area contributed by atoms with E-state index in [2.05, 4.69) is 47.3 Å². The Morgan fingerprint density at radius 3 is 2.61 bits per heavy atom. The molecule has 3 aliphatic carbocycles. The lowest BCUT2D eigenvalue weighted by Crippen LogP contribution is -2.51. The fourth-order valence-corrected chi connectivity index (χ4v) is 6.14. The number of esters is 1. The van der Waals surface area contributed by atoms with E-state index in [-0.39, 0.29) is 43.3 Å². The lowest BCUT2D eigenvalue weighted by Gasteiger charge is -2.52. The molecule has 3 aromatic rings. The van der Waals surface area contributed by atoms with Crippen molar-refractivity contribution in [2.24, 2.45) is 0 Å². The molecule has 6 rings (SSSR count). The molecule has 1 fully saturated rings. The van der Waals surface area contributed by atoms with Crippen LogP contribution in [0.25, 0.3) is 11.0 Å². The predicted octanol–water partition coefficient (Wildman–Crippen LogP) is 5.65. The Labute approximate surface area is 226 Å². The summed E-state index contributed by atoms with van der Waals surface area (Å²) in [4.78, 5) is 23.1. The van der Waals surface area contributed by atoms with E-state index in [1.54, 1.807) is 7.11 Å². The van der Waals surface area contributed by atoms with Crippen LogP contribution in [0.3, 0.4) is 0 Å². The predicted molar refractivity (Wildman–Crippen MR) is 147 cm³/mol. The third-order valence-corrected chi connectivity index (χ3v) is 7.73. The molecule has 0 unspecified atom stereocenters. The molecule has 0 saturated heterocycles. The van der Waals surface area contributed by atoms with Gasteiger partial charge < -0.3 is 19.4 Å². The molecule has 6 nitrogen and oxygen atoms in total. The highest BCUT2D eigenvalue weighted by molar-refractivity contribution is 5.85. The number of aryl methyl sites for hydroxylation is 1. The first-order valence-electron chi connectivity index (χ1n) is 12.5. The van der Waals surface area contributed by atoms with Gasteiger partial charge in [-0.25, -0.2) is 9.78 Å². The van der Waals surface area contributed by atoms with E-state index in [0.717, 1.165) is 62.1 Å². The average Bonchev–Trinajstić information content (AvgIpc) is 3.26. The van der Waals surface area contributed by atoms with Gasteiger partial charge in [0.25, 0.3) is 0 Å². The summed E-state index contributed by atoms with van der Waals surface area (Å²) in [5, 5.41) is 0. The molecule has 1 N–H and O–H groups in total. The molecule has 0 radical (unpaired) electrons. The van der Waals surface area contributed by atoms with Crippen LogP contribution < -0.4 is 0 Å². The SMILES string of the molecule is COCC(=O)O[C@@]1(CCN(C)CCCc2nc3ccccc3[nH]2)C[C@H]2CC[C@@H]1c1ccccc12.Cl.Cl. The minimum atomic E-state index is -0.445. The summed E-state index contributed by atoms with van der Waals surface area (Å²) in [5.41, 5.74) is 4.51. The summed E-state index contributed by atoms with van der Waals surface area (Å²) in [7, 11) is 3.71. The van der Waals surface area contributed by atoms with E-state index < -0.39 is 5.60 Å². The molecule has 2 aromatic carbocycles. The number of carbonyl (C=O) groups excluding carboxylic acids is 1. The number of nitrogens with one attached hydrogen (secondary N) is 1. The van der Waals surface area contributed by atoms with E-state index in [9.17, 15) is 4.79 Å². The van der Waals surface area contributed by atoms with E-state index in [0.29, 0.717) is 5.92 Å². The average molecular weight is 535 g/mol. The minimum Gasteiger partial charge on any atom is -0.457 e. The maximum absolute atomic E-state index is 12.6. The van der Waals surface area contributed by atoms with Crippen molar-refractivity contribution in [3.05, 3.63) is 65.5 Å². The fourth-order valence-electron chi connectivity index (χ4n) is 6.14. The third-order valence-electron chi connectivity index (χ3n) is 7.73. The molecule has 0 aliphatic heterocycles. The van der Waals surface area contributed by atoms with Gasteiger partial charge in [0.1, 0.15) is 18.0 Å². The van der Waals surface area contributed by atoms with Crippen LogP contribution in [0.2, 0.25) is 0 Å². The zero-order valence-electron chi connectivity index (χ0n) is 21.1. The van der Waals surface area contributed by atoms with Gasteiger partial charge >= 0.3 is 5.97 Å². The smallest absolute Gasteiger partial charge is 0.332 e. The zero-order valence-corrected chi connectivity index (χ0v) is 22.7. The van der Waals surface area contributed by atoms with Crippen molar-refractivity contribution in [1.82, 2.24) is 14.9 Å². The largest absolute Gasteiger partial charge is 0.457 e. The number of halogens is 2. The second-order valence-electron chi connectivity index (χ2n) is 9.99. The lowest BCUT2D eigenvalue weighted by atomic mass is 9.58. The number of para-hydroxylation sites is 2. The zero-order chi connectivity index (χ0) is 23.5. The van der Waals surface area contributed by atoms with E-state index in [1.165, 1.54) is 17.5 Å². The van der Waals surface area contributed by atoms with Gasteiger partial charge in [-0.15, -0.1) is 24.8 Å². The number of rotatable bonds is 10. The number of carbonyl (C=O) groups is 1. The van der Waals surface area contributed by atoms with Crippen LogP contribution in [-0.4, -0.2) is 60.3 Å². The van der Waals surface area contributed by atoms with Gasteiger partial charge in [0.05, 0.1) is 11.0 Å². The van der Waals surface area contributed by atoms with Crippen LogP contribution in [0.5, 0.6) is 0 Å². The Hall–Kier alpha value is -2.12. The van der Waals surface area contributed by atoms with Crippen LogP contribution in [0.1, 0.15) is 60.9 Å². The number of nitrogens with zero attached hydrogens (tertiary/aromatic N) is 2. The van der Waals surface area contributed by atoms with Crippen LogP contribution in [0.15, 0.2) is 48.5 Å². The number of ether oxygens (including phenoxy) is 2. The highest BCUT2D eigenvalue weighted by Gasteiger charge is 2.52. The summed E-state index contributed by atoms with van der Waals surface area (Å²) in [5.74, 6) is 1.52. The number of fused-ring (bicyclic) bond motifs is 3. The summed E-state index contributed by atoms with van der Waals surface area (Å²) >= 11 is 0. The second-order valence-corrected chi connectivity index (χ2v) is 9.99. The standard InChI is InChI=1S/C28H35N3O3.2ClH/c1-31(16-7-12-26-29-24-10-5-6-11-25(24)30-26)17-15-28(34-27(32)19-33-2)18-20-13-14-23(28)22-9-4-3-8-21(20)22;;/h3-6,8-11,20,23H,7,12-19H2,1-2H3,(H,29,30);2*1H/t20-,23-,28+;;/m1../s1. The second kappa shape index (κ2) is 12.4. The molecule has 36 heavy (non-hydrogen) atoms. The van der Waals surface area contributed by atoms with Crippen LogP contribution >= 0.6 is 24.8 Å². The summed E-state index contributed by atoms with van der Waals surface area (Å²) in [6, 6.07) is 16.9. The molecule has 3 aliphatic rings. The maximum Gasteiger partial charge on any atom is 0.332 e. The molecule has 3 atom stereocenters. The molecular formula is C28H37Cl2N3O3. The van der Waals surface area contributed by atoms with Gasteiger partial charge in [-0.2, -0.15) is 0 Å². The van der Waals surface area contributed by atoms with Crippen molar-refractivity contribution in [3.63, 3.8) is 0 Å². The number of aromatic nitrogens is 2. The normalized spacial score (nSPS) is 22.1. The van der Waals surface area contributed by atoms with Crippen molar-refractivity contribution in [1.29, 1.82) is 0 Å². The number of H-pyrrole nitrogens is 1. The van der Waals surface area contributed by atoms with Gasteiger partial charge in [0.2, 0.25) is 0 Å². The molecule has 1 aromatic heterocycles. The number of benzene rings is 2. The third kappa shape index (κ3) is 5.88. The molecule has 1 saturated carbocycles.